The Labute approximate surface area is 447 Å². The fraction of sp³-hybridized carbons (Fsp3) is 0.0758. The van der Waals surface area contributed by atoms with Crippen molar-refractivity contribution in [2.75, 3.05) is 9.80 Å². The summed E-state index contributed by atoms with van der Waals surface area (Å²) in [5.74, 6) is 2.03. The first kappa shape index (κ1) is 37.3. The van der Waals surface area contributed by atoms with E-state index in [1.807, 2.05) is 40.8 Å². The van der Waals surface area contributed by atoms with Gasteiger partial charge in [-0.3, -0.25) is 22.8 Å². The van der Waals surface area contributed by atoms with E-state index in [1.165, 1.54) is 21.1 Å². The molecule has 2 unspecified atom stereocenters. The lowest BCUT2D eigenvalue weighted by molar-refractivity contribution is 0.705. The normalized spacial score (nSPS) is 17.6. The molecule has 0 saturated carbocycles. The van der Waals surface area contributed by atoms with Gasteiger partial charge >= 0.3 is 0 Å². The largest absolute Gasteiger partial charge is 0.300 e. The average molecular weight is 1000 g/mol. The topological polar surface area (TPSA) is 63.3 Å². The Kier molecular flexibility index (Phi) is 7.84. The molecular formula is C66H49N9Si. The van der Waals surface area contributed by atoms with Crippen molar-refractivity contribution in [3.8, 4) is 11.4 Å². The molecule has 0 fully saturated rings. The van der Waals surface area contributed by atoms with Gasteiger partial charge in [-0.25, -0.2) is 15.0 Å². The molecule has 0 radical (unpaired) electrons. The average Bonchev–Trinajstić information content (AvgIpc) is 2.58. The summed E-state index contributed by atoms with van der Waals surface area (Å²) in [6, 6.07) is 73.3. The van der Waals surface area contributed by atoms with Gasteiger partial charge < -0.3 is 4.90 Å². The maximum absolute atomic E-state index is 8.70. The number of nitrogens with zero attached hydrogens (tertiary/aromatic N) is 9. The molecule has 0 spiro atoms. The molecule has 0 N–H and O–H groups in total. The molecule has 6 heterocycles. The van der Waals surface area contributed by atoms with Crippen LogP contribution in [-0.4, -0.2) is 54.0 Å². The van der Waals surface area contributed by atoms with Gasteiger partial charge in [0.25, 0.3) is 0 Å². The summed E-state index contributed by atoms with van der Waals surface area (Å²) in [4.78, 5) is 20.7. The highest BCUT2D eigenvalue weighted by Crippen LogP contribution is 2.47. The quantitative estimate of drug-likeness (QED) is 0.118. The lowest BCUT2D eigenvalue weighted by Gasteiger charge is -2.35. The zero-order valence-corrected chi connectivity index (χ0v) is 42.1. The monoisotopic (exact) mass is 1000 g/mol. The molecule has 3 aliphatic rings. The van der Waals surface area contributed by atoms with Crippen molar-refractivity contribution in [2.45, 2.75) is 32.7 Å². The smallest absolute Gasteiger partial charge is 0.220 e. The zero-order valence-electron chi connectivity index (χ0n) is 47.1. The molecule has 9 aromatic carbocycles. The summed E-state index contributed by atoms with van der Waals surface area (Å²) >= 11 is 0. The Hall–Kier alpha value is -9.51. The summed E-state index contributed by atoms with van der Waals surface area (Å²) < 4.78 is 59.7. The standard InChI is InChI=1S/C66H49N9Si/c1-42-19-15-32-56-61(42)68-65-72(52-30-13-14-31-53(52)73(56)65)47-35-37-54-59(40-47)74-57-33-16-20-43(2)62(57)69-66(74)71(54)46-24-18-29-50(39-46)76(48-25-9-5-10-26-48,49-27-11-6-12-28-49)51-36-38-55-60(41-51)75-58-34-17-21-44(3)63(58)67-64(75)70(55)45-22-7-4-8-23-45/h4-41,58,63H,1-3H3/i1D3,2D3. The van der Waals surface area contributed by atoms with Crippen LogP contribution in [0.5, 0.6) is 0 Å². The summed E-state index contributed by atoms with van der Waals surface area (Å²) in [6.07, 6.45) is 6.63. The highest BCUT2D eigenvalue weighted by molar-refractivity contribution is 7.20. The molecule has 10 heteroatoms. The molecule has 0 amide bonds. The van der Waals surface area contributed by atoms with Crippen LogP contribution in [0.3, 0.4) is 0 Å². The van der Waals surface area contributed by atoms with E-state index < -0.39 is 21.8 Å². The van der Waals surface area contributed by atoms with Crippen molar-refractivity contribution < 1.29 is 8.22 Å². The number of aromatic nitrogens is 6. The van der Waals surface area contributed by atoms with Crippen LogP contribution in [0.1, 0.15) is 26.3 Å². The molecule has 9 nitrogen and oxygen atoms in total. The van der Waals surface area contributed by atoms with Crippen LogP contribution in [0.2, 0.25) is 0 Å². The Morgan fingerprint density at radius 3 is 1.70 bits per heavy atom. The summed E-state index contributed by atoms with van der Waals surface area (Å²) in [7, 11) is -3.29. The third kappa shape index (κ3) is 5.81. The predicted molar refractivity (Wildman–Crippen MR) is 315 cm³/mol. The fourth-order valence-corrected chi connectivity index (χ4v) is 17.6. The first-order valence-electron chi connectivity index (χ1n) is 28.7. The third-order valence-electron chi connectivity index (χ3n) is 16.1. The van der Waals surface area contributed by atoms with Crippen LogP contribution in [-0.2, 0) is 0 Å². The molecule has 16 rings (SSSR count). The minimum Gasteiger partial charge on any atom is -0.300 e. The lowest BCUT2D eigenvalue weighted by atomic mass is 9.96. The van der Waals surface area contributed by atoms with Crippen LogP contribution < -0.4 is 30.5 Å². The number of aryl methyl sites for hydroxylation is 2. The minimum atomic E-state index is -3.29. The van der Waals surface area contributed by atoms with Crippen molar-refractivity contribution in [3.05, 3.63) is 247 Å². The Bertz CT molecular complexity index is 4860. The van der Waals surface area contributed by atoms with Crippen molar-refractivity contribution in [2.24, 2.45) is 4.99 Å². The van der Waals surface area contributed by atoms with Crippen molar-refractivity contribution in [1.82, 2.24) is 27.9 Å². The highest BCUT2D eigenvalue weighted by Gasteiger charge is 2.48. The van der Waals surface area contributed by atoms with E-state index in [9.17, 15) is 0 Å². The number of anilines is 3. The number of allylic oxidation sites excluding steroid dienone is 2. The van der Waals surface area contributed by atoms with Gasteiger partial charge in [-0.05, 0) is 137 Å². The van der Waals surface area contributed by atoms with Crippen molar-refractivity contribution in [3.63, 3.8) is 0 Å². The molecule has 4 aromatic heterocycles. The van der Waals surface area contributed by atoms with Gasteiger partial charge in [0.15, 0.2) is 8.07 Å². The van der Waals surface area contributed by atoms with E-state index in [0.717, 1.165) is 61.7 Å². The van der Waals surface area contributed by atoms with E-state index in [0.29, 0.717) is 33.6 Å². The molecule has 2 atom stereocenters. The second-order valence-corrected chi connectivity index (χ2v) is 23.9. The van der Waals surface area contributed by atoms with Crippen LogP contribution in [0.15, 0.2) is 241 Å². The Morgan fingerprint density at radius 1 is 0.461 bits per heavy atom. The highest BCUT2D eigenvalue weighted by atomic mass is 28.3. The lowest BCUT2D eigenvalue weighted by Crippen LogP contribution is -2.74. The Morgan fingerprint density at radius 2 is 1.01 bits per heavy atom. The maximum atomic E-state index is 8.70. The molecule has 0 saturated heterocycles. The molecule has 76 heavy (non-hydrogen) atoms. The van der Waals surface area contributed by atoms with Gasteiger partial charge in [-0.2, -0.15) is 0 Å². The molecule has 2 aliphatic heterocycles. The SMILES string of the molecule is [2H]C([2H])([2H])c1cccc2c1nc1n(-c3ccc4c(c3)n3c5cccc(C([2H])([2H])[2H])c5nc3n4-c3cccc([Si](c4ccccc4)(c4ccccc4)c4ccc5c(c4)N4C(=NC6C(C)=CC=CC64)N5c4ccccc4)c3)c3ccccc3n21. The number of benzene rings is 9. The zero-order chi connectivity index (χ0) is 55.4. The second kappa shape index (κ2) is 16.0. The Balaban J connectivity index is 0.951. The van der Waals surface area contributed by atoms with Crippen molar-refractivity contribution in [1.29, 1.82) is 0 Å². The number of para-hydroxylation sites is 5. The second-order valence-electron chi connectivity index (χ2n) is 20.1. The molecular weight excluding hydrogens is 947 g/mol. The van der Waals surface area contributed by atoms with Gasteiger partial charge in [0.2, 0.25) is 17.5 Å². The van der Waals surface area contributed by atoms with Crippen LogP contribution in [0, 0.1) is 13.7 Å². The van der Waals surface area contributed by atoms with Crippen molar-refractivity contribution >= 4 is 108 Å². The summed E-state index contributed by atoms with van der Waals surface area (Å²) in [5.41, 5.74) is 12.0. The predicted octanol–water partition coefficient (Wildman–Crippen LogP) is 11.8. The molecule has 13 aromatic rings. The van der Waals surface area contributed by atoms with E-state index in [1.54, 1.807) is 24.3 Å². The maximum Gasteiger partial charge on any atom is 0.220 e. The first-order valence-corrected chi connectivity index (χ1v) is 27.7. The number of rotatable bonds is 7. The van der Waals surface area contributed by atoms with Crippen LogP contribution in [0.25, 0.3) is 67.1 Å². The number of fused-ring (bicyclic) bond motifs is 15. The van der Waals surface area contributed by atoms with Gasteiger partial charge in [0.1, 0.15) is 0 Å². The van der Waals surface area contributed by atoms with Gasteiger partial charge in [-0.1, -0.05) is 152 Å². The number of hydrogen-bond donors (Lipinski definition) is 0. The minimum absolute atomic E-state index is 0.00674. The first-order chi connectivity index (χ1) is 39.9. The van der Waals surface area contributed by atoms with E-state index in [-0.39, 0.29) is 23.2 Å². The van der Waals surface area contributed by atoms with Gasteiger partial charge in [0, 0.05) is 19.6 Å². The molecule has 1 aliphatic carbocycles. The number of aliphatic imine (C=N–C) groups is 1. The number of hydrogen-bond acceptors (Lipinski definition) is 5. The van der Waals surface area contributed by atoms with Crippen LogP contribution >= 0.6 is 0 Å². The number of guanidine groups is 1. The van der Waals surface area contributed by atoms with E-state index in [2.05, 4.69) is 200 Å². The third-order valence-corrected chi connectivity index (χ3v) is 20.9. The van der Waals surface area contributed by atoms with Gasteiger partial charge in [0.05, 0.1) is 73.3 Å². The summed E-state index contributed by atoms with van der Waals surface area (Å²) in [5, 5.41) is 4.77. The van der Waals surface area contributed by atoms with E-state index in [4.69, 9.17) is 23.2 Å². The molecule has 0 bridgehead atoms. The molecule has 362 valence electrons. The van der Waals surface area contributed by atoms with E-state index >= 15 is 0 Å². The number of imidazole rings is 4. The van der Waals surface area contributed by atoms with Crippen LogP contribution in [0.4, 0.5) is 17.1 Å². The summed E-state index contributed by atoms with van der Waals surface area (Å²) in [6.45, 7) is -2.64. The van der Waals surface area contributed by atoms with Gasteiger partial charge in [-0.15, -0.1) is 0 Å². The fourth-order valence-electron chi connectivity index (χ4n) is 12.8.